The minimum Gasteiger partial charge on any atom is -0.394 e. The maximum atomic E-state index is 4.60. The van der Waals surface area contributed by atoms with Crippen LogP contribution in [0.3, 0.4) is 0 Å². The maximum absolute atomic E-state index is 4.60. The van der Waals surface area contributed by atoms with Gasteiger partial charge in [0.2, 0.25) is 5.96 Å². The van der Waals surface area contributed by atoms with Crippen LogP contribution in [0.1, 0.15) is 13.3 Å². The van der Waals surface area contributed by atoms with Gasteiger partial charge in [-0.05, 0) is 37.8 Å². The molecule has 0 aromatic rings. The van der Waals surface area contributed by atoms with Crippen LogP contribution < -0.4 is 16.0 Å². The van der Waals surface area contributed by atoms with Gasteiger partial charge in [0.25, 0.3) is 0 Å². The van der Waals surface area contributed by atoms with Crippen molar-refractivity contribution in [2.45, 2.75) is 19.4 Å². The Hall–Kier alpha value is -2.43. The molecule has 0 saturated carbocycles. The Balaban J connectivity index is 2.94. The van der Waals surface area contributed by atoms with E-state index >= 15 is 0 Å². The van der Waals surface area contributed by atoms with Crippen LogP contribution in [0.2, 0.25) is 0 Å². The highest BCUT2D eigenvalue weighted by Crippen LogP contribution is 2.14. The monoisotopic (exact) mass is 301 g/mol. The molecule has 0 aliphatic carbocycles. The van der Waals surface area contributed by atoms with Gasteiger partial charge >= 0.3 is 0 Å². The van der Waals surface area contributed by atoms with Crippen molar-refractivity contribution in [3.05, 3.63) is 60.8 Å². The number of rotatable bonds is 7. The first-order valence-electron chi connectivity index (χ1n) is 7.42. The quantitative estimate of drug-likeness (QED) is 0.630. The zero-order valence-corrected chi connectivity index (χ0v) is 13.9. The number of guanidine groups is 1. The van der Waals surface area contributed by atoms with Crippen LogP contribution in [0.15, 0.2) is 65.7 Å². The summed E-state index contributed by atoms with van der Waals surface area (Å²) in [6.45, 7) is 5.73. The molecule has 5 nitrogen and oxygen atoms in total. The molecule has 0 aromatic heterocycles. The predicted octanol–water partition coefficient (Wildman–Crippen LogP) is 2.08. The van der Waals surface area contributed by atoms with E-state index in [4.69, 9.17) is 0 Å². The molecule has 120 valence electrons. The molecular weight excluding hydrogens is 274 g/mol. The van der Waals surface area contributed by atoms with E-state index in [1.807, 2.05) is 52.5 Å². The Bertz CT molecular complexity index is 511. The second kappa shape index (κ2) is 9.50. The third-order valence-electron chi connectivity index (χ3n) is 3.23. The Kier molecular flexibility index (Phi) is 7.61. The molecule has 1 aliphatic heterocycles. The Morgan fingerprint density at radius 3 is 2.82 bits per heavy atom. The fourth-order valence-electron chi connectivity index (χ4n) is 2.06. The van der Waals surface area contributed by atoms with Gasteiger partial charge in [0.15, 0.2) is 0 Å². The summed E-state index contributed by atoms with van der Waals surface area (Å²) < 4.78 is 0. The van der Waals surface area contributed by atoms with E-state index in [1.54, 1.807) is 6.08 Å². The number of nitrogens with zero attached hydrogens (tertiary/aromatic N) is 2. The van der Waals surface area contributed by atoms with Crippen molar-refractivity contribution in [2.24, 2.45) is 4.99 Å². The van der Waals surface area contributed by atoms with E-state index in [-0.39, 0.29) is 6.04 Å². The molecule has 0 fully saturated rings. The highest BCUT2D eigenvalue weighted by atomic mass is 15.3. The lowest BCUT2D eigenvalue weighted by Gasteiger charge is -2.32. The van der Waals surface area contributed by atoms with Gasteiger partial charge < -0.3 is 20.9 Å². The number of hydrogen-bond acceptors (Lipinski definition) is 5. The van der Waals surface area contributed by atoms with Crippen molar-refractivity contribution in [3.63, 3.8) is 0 Å². The highest BCUT2D eigenvalue weighted by Gasteiger charge is 2.21. The molecule has 22 heavy (non-hydrogen) atoms. The van der Waals surface area contributed by atoms with Crippen molar-refractivity contribution in [1.29, 1.82) is 0 Å². The van der Waals surface area contributed by atoms with Gasteiger partial charge in [-0.2, -0.15) is 4.99 Å². The first kappa shape index (κ1) is 17.6. The largest absolute Gasteiger partial charge is 0.394 e. The third-order valence-corrected chi connectivity index (χ3v) is 3.23. The van der Waals surface area contributed by atoms with Crippen molar-refractivity contribution in [3.8, 4) is 0 Å². The SMILES string of the molecule is C=C/C=C(\C=C/C)NC1=NC(NC)=CC(C/C=C\NC)N1C. The minimum absolute atomic E-state index is 0.239. The number of nitrogens with one attached hydrogen (secondary N) is 3. The van der Waals surface area contributed by atoms with Crippen LogP contribution in [0, 0.1) is 0 Å². The zero-order valence-electron chi connectivity index (χ0n) is 13.9. The molecule has 3 N–H and O–H groups in total. The van der Waals surface area contributed by atoms with Gasteiger partial charge in [-0.3, -0.25) is 0 Å². The topological polar surface area (TPSA) is 51.7 Å². The van der Waals surface area contributed by atoms with E-state index < -0.39 is 0 Å². The van der Waals surface area contributed by atoms with Crippen molar-refractivity contribution >= 4 is 5.96 Å². The van der Waals surface area contributed by atoms with Gasteiger partial charge in [0.05, 0.1) is 6.04 Å². The number of aliphatic imine (C=N–C) groups is 1. The lowest BCUT2D eigenvalue weighted by molar-refractivity contribution is 0.404. The maximum Gasteiger partial charge on any atom is 0.205 e. The minimum atomic E-state index is 0.239. The summed E-state index contributed by atoms with van der Waals surface area (Å²) in [7, 11) is 5.81. The normalized spacial score (nSPS) is 19.2. The Morgan fingerprint density at radius 1 is 1.45 bits per heavy atom. The van der Waals surface area contributed by atoms with E-state index in [9.17, 15) is 0 Å². The van der Waals surface area contributed by atoms with Crippen LogP contribution in [0.4, 0.5) is 0 Å². The van der Waals surface area contributed by atoms with Crippen LogP contribution >= 0.6 is 0 Å². The molecule has 0 bridgehead atoms. The molecule has 1 atom stereocenters. The lowest BCUT2D eigenvalue weighted by Crippen LogP contribution is -2.46. The number of hydrogen-bond donors (Lipinski definition) is 3. The van der Waals surface area contributed by atoms with Crippen LogP contribution in [0.5, 0.6) is 0 Å². The van der Waals surface area contributed by atoms with Crippen LogP contribution in [0.25, 0.3) is 0 Å². The average molecular weight is 301 g/mol. The van der Waals surface area contributed by atoms with E-state index in [2.05, 4.69) is 44.6 Å². The standard InChI is InChI=1S/C17H27N5/c1-6-9-14(10-7-2)20-17-21-16(19-4)13-15(22(17)5)11-8-12-18-3/h6-10,12-13,15,18-19H,1,11H2,2-5H3,(H,20,21)/b10-7-,12-8-,14-9+. The summed E-state index contributed by atoms with van der Waals surface area (Å²) in [6, 6.07) is 0.239. The Labute approximate surface area is 133 Å². The zero-order chi connectivity index (χ0) is 16.4. The fraction of sp³-hybridized carbons (Fsp3) is 0.353. The average Bonchev–Trinajstić information content (AvgIpc) is 2.51. The molecule has 5 heteroatoms. The summed E-state index contributed by atoms with van der Waals surface area (Å²) >= 11 is 0. The van der Waals surface area contributed by atoms with Crippen LogP contribution in [-0.4, -0.2) is 38.0 Å². The Morgan fingerprint density at radius 2 is 2.23 bits per heavy atom. The number of likely N-dealkylation sites (N-methyl/N-ethyl adjacent to an activating group) is 1. The molecule has 1 heterocycles. The smallest absolute Gasteiger partial charge is 0.205 e. The first-order chi connectivity index (χ1) is 10.7. The van der Waals surface area contributed by atoms with Gasteiger partial charge in [-0.1, -0.05) is 24.8 Å². The number of allylic oxidation sites excluding steroid dienone is 4. The van der Waals surface area contributed by atoms with Gasteiger partial charge in [0, 0.05) is 26.8 Å². The van der Waals surface area contributed by atoms with Crippen LogP contribution in [-0.2, 0) is 0 Å². The van der Waals surface area contributed by atoms with Gasteiger partial charge in [-0.15, -0.1) is 0 Å². The molecule has 0 aromatic carbocycles. The summed E-state index contributed by atoms with van der Waals surface area (Å²) in [5.41, 5.74) is 0.949. The highest BCUT2D eigenvalue weighted by molar-refractivity contribution is 5.84. The first-order valence-corrected chi connectivity index (χ1v) is 7.42. The second-order valence-electron chi connectivity index (χ2n) is 4.83. The molecule has 0 spiro atoms. The van der Waals surface area contributed by atoms with Crippen molar-refractivity contribution < 1.29 is 0 Å². The second-order valence-corrected chi connectivity index (χ2v) is 4.83. The summed E-state index contributed by atoms with van der Waals surface area (Å²) in [5.74, 6) is 1.67. The van der Waals surface area contributed by atoms with E-state index in [0.29, 0.717) is 0 Å². The third kappa shape index (κ3) is 5.16. The molecule has 1 rings (SSSR count). The van der Waals surface area contributed by atoms with Crippen molar-refractivity contribution in [1.82, 2.24) is 20.9 Å². The van der Waals surface area contributed by atoms with E-state index in [0.717, 1.165) is 23.9 Å². The van der Waals surface area contributed by atoms with Crippen molar-refractivity contribution in [2.75, 3.05) is 21.1 Å². The summed E-state index contributed by atoms with van der Waals surface area (Å²) in [5, 5.41) is 9.49. The van der Waals surface area contributed by atoms with Gasteiger partial charge in [-0.25, -0.2) is 0 Å². The van der Waals surface area contributed by atoms with E-state index in [1.165, 1.54) is 0 Å². The molecule has 0 radical (unpaired) electrons. The molecule has 1 aliphatic rings. The fourth-order valence-corrected chi connectivity index (χ4v) is 2.06. The molecule has 0 amide bonds. The molecular formula is C17H27N5. The molecule has 1 unspecified atom stereocenters. The lowest BCUT2D eigenvalue weighted by atomic mass is 10.1. The molecule has 0 saturated heterocycles. The van der Waals surface area contributed by atoms with Gasteiger partial charge in [0.1, 0.15) is 5.82 Å². The summed E-state index contributed by atoms with van der Waals surface area (Å²) in [6.07, 6.45) is 14.7. The predicted molar refractivity (Wildman–Crippen MR) is 95.2 cm³/mol. The summed E-state index contributed by atoms with van der Waals surface area (Å²) in [4.78, 5) is 6.72.